The number of rotatable bonds is 2. The van der Waals surface area contributed by atoms with E-state index in [4.69, 9.17) is 5.11 Å². The number of aliphatic carboxylic acids is 1. The van der Waals surface area contributed by atoms with Gasteiger partial charge in [-0.25, -0.2) is 0 Å². The van der Waals surface area contributed by atoms with Crippen LogP contribution in [0.25, 0.3) is 0 Å². The van der Waals surface area contributed by atoms with Gasteiger partial charge in [0.2, 0.25) is 5.91 Å². The van der Waals surface area contributed by atoms with Crippen LogP contribution in [0.5, 0.6) is 0 Å². The van der Waals surface area contributed by atoms with Gasteiger partial charge in [-0.3, -0.25) is 9.59 Å². The van der Waals surface area contributed by atoms with E-state index < -0.39 is 11.4 Å². The van der Waals surface area contributed by atoms with Crippen molar-refractivity contribution >= 4 is 11.9 Å². The molecule has 2 atom stereocenters. The lowest BCUT2D eigenvalue weighted by Crippen LogP contribution is -2.44. The van der Waals surface area contributed by atoms with Crippen LogP contribution in [0.3, 0.4) is 0 Å². The molecule has 15 heavy (non-hydrogen) atoms. The van der Waals surface area contributed by atoms with E-state index >= 15 is 0 Å². The molecule has 2 unspecified atom stereocenters. The summed E-state index contributed by atoms with van der Waals surface area (Å²) in [5.41, 5.74) is -1.30. The van der Waals surface area contributed by atoms with Gasteiger partial charge in [0.15, 0.2) is 0 Å². The molecular formula is C11H19NO3. The van der Waals surface area contributed by atoms with Crippen LogP contribution in [0, 0.1) is 17.3 Å². The fourth-order valence-electron chi connectivity index (χ4n) is 1.78. The predicted octanol–water partition coefficient (Wildman–Crippen LogP) is 1.21. The van der Waals surface area contributed by atoms with Gasteiger partial charge >= 0.3 is 5.97 Å². The smallest absolute Gasteiger partial charge is 0.318 e. The van der Waals surface area contributed by atoms with Crippen LogP contribution in [0.2, 0.25) is 0 Å². The summed E-state index contributed by atoms with van der Waals surface area (Å²) >= 11 is 0. The van der Waals surface area contributed by atoms with Crippen LogP contribution in [0.1, 0.15) is 27.7 Å². The second kappa shape index (κ2) is 3.83. The average molecular weight is 213 g/mol. The molecular weight excluding hydrogens is 194 g/mol. The molecule has 1 heterocycles. The van der Waals surface area contributed by atoms with Crippen molar-refractivity contribution in [1.29, 1.82) is 0 Å². The van der Waals surface area contributed by atoms with Crippen molar-refractivity contribution in [3.05, 3.63) is 0 Å². The first-order valence-corrected chi connectivity index (χ1v) is 5.29. The van der Waals surface area contributed by atoms with Gasteiger partial charge in [0.1, 0.15) is 5.41 Å². The van der Waals surface area contributed by atoms with Crippen LogP contribution in [0.4, 0.5) is 0 Å². The Kier molecular flexibility index (Phi) is 3.07. The zero-order valence-corrected chi connectivity index (χ0v) is 9.78. The molecule has 0 radical (unpaired) electrons. The molecule has 4 nitrogen and oxygen atoms in total. The van der Waals surface area contributed by atoms with Crippen molar-refractivity contribution in [2.24, 2.45) is 17.3 Å². The van der Waals surface area contributed by atoms with Crippen molar-refractivity contribution in [3.8, 4) is 0 Å². The molecule has 1 N–H and O–H groups in total. The van der Waals surface area contributed by atoms with Gasteiger partial charge in [-0.15, -0.1) is 0 Å². The largest absolute Gasteiger partial charge is 0.480 e. The van der Waals surface area contributed by atoms with Crippen LogP contribution in [-0.2, 0) is 9.59 Å². The molecule has 1 fully saturated rings. The topological polar surface area (TPSA) is 57.6 Å². The molecule has 0 spiro atoms. The number of carboxylic acids is 1. The molecule has 1 saturated heterocycles. The van der Waals surface area contributed by atoms with Crippen LogP contribution >= 0.6 is 0 Å². The van der Waals surface area contributed by atoms with Gasteiger partial charge in [0.25, 0.3) is 0 Å². The number of carbonyl (C=O) groups excluding carboxylic acids is 1. The lowest BCUT2D eigenvalue weighted by Gasteiger charge is -2.25. The van der Waals surface area contributed by atoms with E-state index in [0.717, 1.165) is 0 Å². The Morgan fingerprint density at radius 1 is 1.20 bits per heavy atom. The minimum absolute atomic E-state index is 0.272. The Bertz CT molecular complexity index is 276. The minimum atomic E-state index is -1.30. The highest BCUT2D eigenvalue weighted by Crippen LogP contribution is 2.27. The highest BCUT2D eigenvalue weighted by atomic mass is 16.4. The maximum Gasteiger partial charge on any atom is 0.318 e. The fourth-order valence-corrected chi connectivity index (χ4v) is 1.78. The van der Waals surface area contributed by atoms with Crippen molar-refractivity contribution in [2.75, 3.05) is 13.1 Å². The van der Waals surface area contributed by atoms with E-state index in [1.165, 1.54) is 13.8 Å². The summed E-state index contributed by atoms with van der Waals surface area (Å²) in [6.07, 6.45) is 0. The maximum atomic E-state index is 11.9. The second-order valence-electron chi connectivity index (χ2n) is 5.09. The number of carboxylic acid groups (broad SMARTS) is 1. The van der Waals surface area contributed by atoms with Gasteiger partial charge in [-0.2, -0.15) is 0 Å². The van der Waals surface area contributed by atoms with Gasteiger partial charge in [-0.1, -0.05) is 13.8 Å². The van der Waals surface area contributed by atoms with E-state index in [9.17, 15) is 9.59 Å². The Morgan fingerprint density at radius 3 is 1.93 bits per heavy atom. The van der Waals surface area contributed by atoms with E-state index in [-0.39, 0.29) is 5.91 Å². The molecule has 86 valence electrons. The molecule has 1 aliphatic rings. The Balaban J connectivity index is 2.75. The molecule has 1 amide bonds. The molecule has 0 aromatic rings. The van der Waals surface area contributed by atoms with Gasteiger partial charge in [0.05, 0.1) is 0 Å². The summed E-state index contributed by atoms with van der Waals surface area (Å²) in [6, 6.07) is 0. The second-order valence-corrected chi connectivity index (χ2v) is 5.09. The number of hydrogen-bond acceptors (Lipinski definition) is 2. The van der Waals surface area contributed by atoms with Crippen LogP contribution in [-0.4, -0.2) is 35.0 Å². The Labute approximate surface area is 90.3 Å². The third-order valence-electron chi connectivity index (χ3n) is 3.34. The summed E-state index contributed by atoms with van der Waals surface area (Å²) in [4.78, 5) is 24.5. The van der Waals surface area contributed by atoms with Crippen molar-refractivity contribution < 1.29 is 14.7 Å². The Hall–Kier alpha value is -1.06. The number of nitrogens with zero attached hydrogens (tertiary/aromatic N) is 1. The molecule has 4 heteroatoms. The van der Waals surface area contributed by atoms with Crippen LogP contribution in [0.15, 0.2) is 0 Å². The molecule has 1 aliphatic heterocycles. The van der Waals surface area contributed by atoms with E-state index in [1.54, 1.807) is 4.90 Å². The summed E-state index contributed by atoms with van der Waals surface area (Å²) in [6.45, 7) is 8.46. The highest BCUT2D eigenvalue weighted by Gasteiger charge is 2.42. The van der Waals surface area contributed by atoms with E-state index in [2.05, 4.69) is 13.8 Å². The molecule has 0 aliphatic carbocycles. The maximum absolute atomic E-state index is 11.9. The summed E-state index contributed by atoms with van der Waals surface area (Å²) in [7, 11) is 0. The van der Waals surface area contributed by atoms with Crippen molar-refractivity contribution in [1.82, 2.24) is 4.90 Å². The number of carbonyl (C=O) groups is 2. The van der Waals surface area contributed by atoms with Gasteiger partial charge in [-0.05, 0) is 25.7 Å². The summed E-state index contributed by atoms with van der Waals surface area (Å²) in [5, 5.41) is 8.96. The van der Waals surface area contributed by atoms with Gasteiger partial charge < -0.3 is 10.0 Å². The normalized spacial score (nSPS) is 26.8. The van der Waals surface area contributed by atoms with E-state index in [0.29, 0.717) is 24.9 Å². The monoisotopic (exact) mass is 213 g/mol. The fraction of sp³-hybridized carbons (Fsp3) is 0.818. The number of hydrogen-bond donors (Lipinski definition) is 1. The molecule has 0 aromatic heterocycles. The quantitative estimate of drug-likeness (QED) is 0.701. The molecule has 0 aromatic carbocycles. The Morgan fingerprint density at radius 2 is 1.60 bits per heavy atom. The summed E-state index contributed by atoms with van der Waals surface area (Å²) < 4.78 is 0. The molecule has 0 saturated carbocycles. The first-order valence-electron chi connectivity index (χ1n) is 5.29. The van der Waals surface area contributed by atoms with Gasteiger partial charge in [0, 0.05) is 13.1 Å². The predicted molar refractivity (Wildman–Crippen MR) is 56.3 cm³/mol. The summed E-state index contributed by atoms with van der Waals surface area (Å²) in [5.74, 6) is -0.414. The third-order valence-corrected chi connectivity index (χ3v) is 3.34. The first-order chi connectivity index (χ1) is 6.76. The SMILES string of the molecule is CC1CN(C(=O)C(C)(C)C(=O)O)CC1C. The lowest BCUT2D eigenvalue weighted by molar-refractivity contribution is -0.157. The minimum Gasteiger partial charge on any atom is -0.480 e. The zero-order valence-electron chi connectivity index (χ0n) is 9.78. The highest BCUT2D eigenvalue weighted by molar-refractivity contribution is 6.01. The molecule has 1 rings (SSSR count). The van der Waals surface area contributed by atoms with Crippen LogP contribution < -0.4 is 0 Å². The number of likely N-dealkylation sites (tertiary alicyclic amines) is 1. The average Bonchev–Trinajstić information content (AvgIpc) is 2.45. The standard InChI is InChI=1S/C11H19NO3/c1-7-5-12(6-8(7)2)9(13)11(3,4)10(14)15/h7-8H,5-6H2,1-4H3,(H,14,15). The van der Waals surface area contributed by atoms with Crippen molar-refractivity contribution in [2.45, 2.75) is 27.7 Å². The molecule has 0 bridgehead atoms. The number of amides is 1. The lowest BCUT2D eigenvalue weighted by atomic mass is 9.92. The van der Waals surface area contributed by atoms with Crippen molar-refractivity contribution in [3.63, 3.8) is 0 Å². The first kappa shape index (κ1) is 12.0. The third kappa shape index (κ3) is 2.13. The zero-order chi connectivity index (χ0) is 11.8. The van der Waals surface area contributed by atoms with E-state index in [1.807, 2.05) is 0 Å².